The third kappa shape index (κ3) is 1.41. The van der Waals surface area contributed by atoms with Crippen molar-refractivity contribution in [1.82, 2.24) is 14.8 Å². The number of nitrogens with zero attached hydrogens (tertiary/aromatic N) is 2. The Bertz CT molecular complexity index is 779. The van der Waals surface area contributed by atoms with E-state index in [4.69, 9.17) is 0 Å². The second-order valence-electron chi connectivity index (χ2n) is 6.05. The van der Waals surface area contributed by atoms with E-state index in [1.54, 1.807) is 11.9 Å². The molecule has 0 bridgehead atoms. The van der Waals surface area contributed by atoms with Crippen LogP contribution in [0, 0.1) is 0 Å². The van der Waals surface area contributed by atoms with Gasteiger partial charge in [0.2, 0.25) is 5.91 Å². The molecule has 2 amide bonds. The summed E-state index contributed by atoms with van der Waals surface area (Å²) in [6, 6.07) is 8.07. The number of rotatable bonds is 0. The number of hydrogen-bond donors (Lipinski definition) is 1. The van der Waals surface area contributed by atoms with E-state index in [0.717, 1.165) is 23.0 Å². The number of benzene rings is 1. The smallest absolute Gasteiger partial charge is 0.254 e. The van der Waals surface area contributed by atoms with E-state index in [0.29, 0.717) is 6.54 Å². The van der Waals surface area contributed by atoms with E-state index in [1.165, 1.54) is 10.5 Å². The van der Waals surface area contributed by atoms with E-state index in [-0.39, 0.29) is 18.4 Å². The SMILES string of the molecule is CN1CC(=O)N2CCc3c([nH]c4ccccc34)[C@@]2(C)C1=O. The topological polar surface area (TPSA) is 56.4 Å². The van der Waals surface area contributed by atoms with Gasteiger partial charge in [0.05, 0.1) is 12.2 Å². The molecule has 0 aliphatic carbocycles. The van der Waals surface area contributed by atoms with Gasteiger partial charge in [-0.2, -0.15) is 0 Å². The summed E-state index contributed by atoms with van der Waals surface area (Å²) in [5.41, 5.74) is 2.16. The highest BCUT2D eigenvalue weighted by atomic mass is 16.2. The number of aromatic amines is 1. The first-order valence-electron chi connectivity index (χ1n) is 7.19. The lowest BCUT2D eigenvalue weighted by molar-refractivity contribution is -0.164. The molecule has 2 aliphatic heterocycles. The minimum absolute atomic E-state index is 0.0175. The minimum atomic E-state index is -0.906. The van der Waals surface area contributed by atoms with Crippen molar-refractivity contribution in [2.24, 2.45) is 0 Å². The van der Waals surface area contributed by atoms with Crippen molar-refractivity contribution in [3.05, 3.63) is 35.5 Å². The normalized spacial score (nSPS) is 25.2. The van der Waals surface area contributed by atoms with Gasteiger partial charge in [0, 0.05) is 24.5 Å². The highest BCUT2D eigenvalue weighted by Crippen LogP contribution is 2.41. The van der Waals surface area contributed by atoms with Crippen molar-refractivity contribution in [2.45, 2.75) is 18.9 Å². The van der Waals surface area contributed by atoms with Crippen molar-refractivity contribution < 1.29 is 9.59 Å². The van der Waals surface area contributed by atoms with Gasteiger partial charge in [-0.15, -0.1) is 0 Å². The zero-order chi connectivity index (χ0) is 14.8. The maximum Gasteiger partial charge on any atom is 0.254 e. The Morgan fingerprint density at radius 2 is 2.00 bits per heavy atom. The monoisotopic (exact) mass is 283 g/mol. The molecule has 4 rings (SSSR count). The fourth-order valence-corrected chi connectivity index (χ4v) is 3.79. The lowest BCUT2D eigenvalue weighted by Crippen LogP contribution is -2.66. The van der Waals surface area contributed by atoms with Crippen LogP contribution in [0.1, 0.15) is 18.2 Å². The van der Waals surface area contributed by atoms with Gasteiger partial charge in [-0.3, -0.25) is 9.59 Å². The third-order valence-corrected chi connectivity index (χ3v) is 4.86. The van der Waals surface area contributed by atoms with Crippen LogP contribution in [-0.4, -0.2) is 46.7 Å². The molecule has 0 saturated carbocycles. The Morgan fingerprint density at radius 3 is 2.81 bits per heavy atom. The van der Waals surface area contributed by atoms with Crippen LogP contribution >= 0.6 is 0 Å². The predicted molar refractivity (Wildman–Crippen MR) is 78.7 cm³/mol. The summed E-state index contributed by atoms with van der Waals surface area (Å²) >= 11 is 0. The van der Waals surface area contributed by atoms with Gasteiger partial charge in [-0.05, 0) is 25.0 Å². The molecular formula is C16H17N3O2. The summed E-state index contributed by atoms with van der Waals surface area (Å²) in [6.07, 6.45) is 0.789. The first-order valence-corrected chi connectivity index (χ1v) is 7.19. The van der Waals surface area contributed by atoms with E-state index in [2.05, 4.69) is 11.1 Å². The number of para-hydroxylation sites is 1. The van der Waals surface area contributed by atoms with Crippen LogP contribution in [0.4, 0.5) is 0 Å². The number of carbonyl (C=O) groups excluding carboxylic acids is 2. The van der Waals surface area contributed by atoms with Crippen molar-refractivity contribution in [2.75, 3.05) is 20.1 Å². The summed E-state index contributed by atoms with van der Waals surface area (Å²) in [4.78, 5) is 31.8. The highest BCUT2D eigenvalue weighted by molar-refractivity contribution is 6.00. The number of amides is 2. The van der Waals surface area contributed by atoms with E-state index < -0.39 is 5.54 Å². The molecule has 2 aromatic rings. The van der Waals surface area contributed by atoms with E-state index in [9.17, 15) is 9.59 Å². The Kier molecular flexibility index (Phi) is 2.29. The molecule has 2 aliphatic rings. The van der Waals surface area contributed by atoms with Crippen molar-refractivity contribution in [1.29, 1.82) is 0 Å². The van der Waals surface area contributed by atoms with Gasteiger partial charge in [0.1, 0.15) is 0 Å². The van der Waals surface area contributed by atoms with E-state index >= 15 is 0 Å². The molecule has 108 valence electrons. The zero-order valence-corrected chi connectivity index (χ0v) is 12.1. The second kappa shape index (κ2) is 3.87. The van der Waals surface area contributed by atoms with Crippen molar-refractivity contribution in [3.63, 3.8) is 0 Å². The molecule has 1 N–H and O–H groups in total. The lowest BCUT2D eigenvalue weighted by Gasteiger charge is -2.48. The Labute approximate surface area is 122 Å². The highest BCUT2D eigenvalue weighted by Gasteiger charge is 2.53. The number of H-pyrrole nitrogens is 1. The van der Waals surface area contributed by atoms with Gasteiger partial charge in [0.15, 0.2) is 5.54 Å². The molecule has 0 radical (unpaired) electrons. The molecule has 5 heteroatoms. The zero-order valence-electron chi connectivity index (χ0n) is 12.1. The molecule has 0 unspecified atom stereocenters. The average molecular weight is 283 g/mol. The Hall–Kier alpha value is -2.30. The number of aromatic nitrogens is 1. The van der Waals surface area contributed by atoms with Gasteiger partial charge in [-0.25, -0.2) is 0 Å². The van der Waals surface area contributed by atoms with E-state index in [1.807, 2.05) is 25.1 Å². The van der Waals surface area contributed by atoms with Crippen LogP contribution in [-0.2, 0) is 21.5 Å². The summed E-state index contributed by atoms with van der Waals surface area (Å²) < 4.78 is 0. The third-order valence-electron chi connectivity index (χ3n) is 4.86. The standard InChI is InChI=1S/C16H17N3O2/c1-16-14-11(10-5-3-4-6-12(10)17-14)7-8-19(16)13(20)9-18(2)15(16)21/h3-6,17H,7-9H2,1-2H3/t16-/m0/s1. The maximum atomic E-state index is 12.8. The molecule has 1 atom stereocenters. The maximum absolute atomic E-state index is 12.8. The van der Waals surface area contributed by atoms with Crippen molar-refractivity contribution >= 4 is 22.7 Å². The number of fused-ring (bicyclic) bond motifs is 5. The number of carbonyl (C=O) groups is 2. The van der Waals surface area contributed by atoms with Crippen LogP contribution < -0.4 is 0 Å². The molecular weight excluding hydrogens is 266 g/mol. The van der Waals surface area contributed by atoms with Crippen molar-refractivity contribution in [3.8, 4) is 0 Å². The number of piperazine rings is 1. The number of hydrogen-bond acceptors (Lipinski definition) is 2. The fraction of sp³-hybridized carbons (Fsp3) is 0.375. The van der Waals surface area contributed by atoms with Gasteiger partial charge in [-0.1, -0.05) is 18.2 Å². The van der Waals surface area contributed by atoms with Crippen LogP contribution in [0.3, 0.4) is 0 Å². The Morgan fingerprint density at radius 1 is 1.24 bits per heavy atom. The molecule has 0 spiro atoms. The predicted octanol–water partition coefficient (Wildman–Crippen LogP) is 1.24. The van der Waals surface area contributed by atoms with Gasteiger partial charge in [0.25, 0.3) is 5.91 Å². The average Bonchev–Trinajstić information content (AvgIpc) is 2.85. The van der Waals surface area contributed by atoms with Gasteiger partial charge >= 0.3 is 0 Å². The largest absolute Gasteiger partial charge is 0.356 e. The Balaban J connectivity index is 2.00. The van der Waals surface area contributed by atoms with Crippen LogP contribution in [0.5, 0.6) is 0 Å². The lowest BCUT2D eigenvalue weighted by atomic mass is 9.83. The molecule has 1 fully saturated rings. The minimum Gasteiger partial charge on any atom is -0.356 e. The molecule has 5 nitrogen and oxygen atoms in total. The van der Waals surface area contributed by atoms with Gasteiger partial charge < -0.3 is 14.8 Å². The van der Waals surface area contributed by atoms with Crippen LogP contribution in [0.15, 0.2) is 24.3 Å². The molecule has 21 heavy (non-hydrogen) atoms. The number of nitrogens with one attached hydrogen (secondary N) is 1. The number of likely N-dealkylation sites (N-methyl/N-ethyl adjacent to an activating group) is 1. The molecule has 3 heterocycles. The molecule has 1 saturated heterocycles. The first kappa shape index (κ1) is 12.4. The quantitative estimate of drug-likeness (QED) is 0.791. The summed E-state index contributed by atoms with van der Waals surface area (Å²) in [6.45, 7) is 2.63. The first-order chi connectivity index (χ1) is 10.0. The second-order valence-corrected chi connectivity index (χ2v) is 6.05. The summed E-state index contributed by atoms with van der Waals surface area (Å²) in [5.74, 6) is -0.00138. The molecule has 1 aromatic carbocycles. The molecule has 1 aromatic heterocycles. The van der Waals surface area contributed by atoms with Crippen LogP contribution in [0.2, 0.25) is 0 Å². The fourth-order valence-electron chi connectivity index (χ4n) is 3.79. The summed E-state index contributed by atoms with van der Waals surface area (Å²) in [5, 5.41) is 1.15. The summed E-state index contributed by atoms with van der Waals surface area (Å²) in [7, 11) is 1.69. The van der Waals surface area contributed by atoms with Crippen LogP contribution in [0.25, 0.3) is 10.9 Å².